The van der Waals surface area contributed by atoms with Crippen LogP contribution in [0.4, 0.5) is 0 Å². The van der Waals surface area contributed by atoms with Gasteiger partial charge in [-0.05, 0) is 175 Å². The highest BCUT2D eigenvalue weighted by atomic mass is 79.9. The van der Waals surface area contributed by atoms with Crippen molar-refractivity contribution in [2.45, 2.75) is 24.5 Å². The molecular formula is C45H39BBr2O2S13. The van der Waals surface area contributed by atoms with Gasteiger partial charge in [0, 0.05) is 93.0 Å². The predicted octanol–water partition coefficient (Wildman–Crippen LogP) is 15.5. The Labute approximate surface area is 442 Å². The largest absolute Gasteiger partial charge is 0.488 e. The number of benzene rings is 5. The average Bonchev–Trinajstić information content (AvgIpc) is 4.10. The van der Waals surface area contributed by atoms with Gasteiger partial charge in [0.2, 0.25) is 0 Å². The van der Waals surface area contributed by atoms with E-state index < -0.39 is 7.12 Å². The molecular weight excluding hydrogens is 1160 g/mol. The molecule has 3 aromatic heterocycles. The molecule has 0 unspecified atom stereocenters. The summed E-state index contributed by atoms with van der Waals surface area (Å²) >= 11 is 34.7. The van der Waals surface area contributed by atoms with Gasteiger partial charge in [0.1, 0.15) is 0 Å². The van der Waals surface area contributed by atoms with E-state index in [2.05, 4.69) is 189 Å². The van der Waals surface area contributed by atoms with Crippen LogP contribution in [-0.2, 0) is 49.0 Å². The van der Waals surface area contributed by atoms with Crippen LogP contribution in [0.25, 0.3) is 41.8 Å². The van der Waals surface area contributed by atoms with Crippen molar-refractivity contribution in [1.82, 2.24) is 0 Å². The first-order valence-electron chi connectivity index (χ1n) is 18.2. The molecule has 18 heteroatoms. The lowest BCUT2D eigenvalue weighted by Gasteiger charge is -2.01. The van der Waals surface area contributed by atoms with Crippen molar-refractivity contribution >= 4 is 188 Å². The van der Waals surface area contributed by atoms with E-state index in [0.717, 1.165) is 14.7 Å². The first kappa shape index (κ1) is 54.6. The highest BCUT2D eigenvalue weighted by molar-refractivity contribution is 9.12. The fourth-order valence-electron chi connectivity index (χ4n) is 5.14. The Hall–Kier alpha value is -1.01. The standard InChI is InChI=1S/C18H16S3.C16H12S3.C7H9BO2S.C4H2Br2S.S5/c1-19-15-7-3-13(4-8-15)17-11-12-18(21-17)14-5-9-16(20-2)10-6-14;17-13-5-1-11(2-6-13)15-9-10-16(19-15)12-3-7-14(18)8-4-12;1-11-7-4-2-6(3-5-7)8(9)10;5-3-1-2-4(6)7-3;1-3-5-4-2/h3-12H,1-2H3;1-10,17-18H;2-5,9-10H,1H3;1-2H;. The van der Waals surface area contributed by atoms with Crippen LogP contribution in [0, 0.1) is 0 Å². The number of halogens is 2. The van der Waals surface area contributed by atoms with Crippen molar-refractivity contribution in [3.63, 3.8) is 0 Å². The molecule has 0 fully saturated rings. The minimum Gasteiger partial charge on any atom is -0.423 e. The molecule has 0 saturated heterocycles. The van der Waals surface area contributed by atoms with Gasteiger partial charge >= 0.3 is 7.12 Å². The van der Waals surface area contributed by atoms with Crippen LogP contribution < -0.4 is 5.46 Å². The Bertz CT molecular complexity index is 2530. The van der Waals surface area contributed by atoms with E-state index in [1.807, 2.05) is 66.1 Å². The first-order valence-corrected chi connectivity index (χ1v) is 32.1. The van der Waals surface area contributed by atoms with Crippen LogP contribution in [0.5, 0.6) is 0 Å². The SMILES string of the molecule is Brc1ccc(Br)s1.CSc1ccc(-c2ccc(-c3ccc(SC)cc3)s2)cc1.CSc1ccc(B(O)O)cc1.S=S=S=S=S.Sc1ccc(-c2ccc(-c3ccc(S)cc3)s2)cc1. The summed E-state index contributed by atoms with van der Waals surface area (Å²) in [5.74, 6) is 0. The summed E-state index contributed by atoms with van der Waals surface area (Å²) in [5, 5.41) is 17.5. The van der Waals surface area contributed by atoms with E-state index in [0.29, 0.717) is 5.46 Å². The molecule has 8 rings (SSSR count). The molecule has 5 aromatic carbocycles. The van der Waals surface area contributed by atoms with Crippen LogP contribution in [0.15, 0.2) is 190 Å². The van der Waals surface area contributed by atoms with Crippen LogP contribution in [0.1, 0.15) is 0 Å². The lowest BCUT2D eigenvalue weighted by atomic mass is 9.81. The summed E-state index contributed by atoms with van der Waals surface area (Å²) in [7, 11) is 2.59. The molecule has 0 aliphatic rings. The molecule has 0 atom stereocenters. The molecule has 0 aliphatic heterocycles. The summed E-state index contributed by atoms with van der Waals surface area (Å²) in [6.45, 7) is 0. The monoisotopic (exact) mass is 1200 g/mol. The molecule has 0 bridgehead atoms. The zero-order chi connectivity index (χ0) is 45.6. The van der Waals surface area contributed by atoms with Crippen LogP contribution >= 0.6 is 126 Å². The van der Waals surface area contributed by atoms with Crippen LogP contribution in [0.3, 0.4) is 0 Å². The molecule has 0 spiro atoms. The van der Waals surface area contributed by atoms with Crippen LogP contribution in [-0.4, -0.2) is 35.9 Å². The van der Waals surface area contributed by atoms with Crippen molar-refractivity contribution < 1.29 is 10.0 Å². The van der Waals surface area contributed by atoms with Crippen molar-refractivity contribution in [3.8, 4) is 41.8 Å². The normalized spacial score (nSPS) is 9.98. The Kier molecular flexibility index (Phi) is 26.3. The molecule has 0 radical (unpaired) electrons. The van der Waals surface area contributed by atoms with Gasteiger partial charge in [0.05, 0.1) is 7.57 Å². The van der Waals surface area contributed by atoms with Crippen molar-refractivity contribution in [1.29, 1.82) is 0 Å². The second kappa shape index (κ2) is 30.4. The van der Waals surface area contributed by atoms with Gasteiger partial charge in [-0.3, -0.25) is 0 Å². The minimum absolute atomic E-state index is 0.530. The van der Waals surface area contributed by atoms with Crippen molar-refractivity contribution in [3.05, 3.63) is 165 Å². The molecule has 0 saturated carbocycles. The third-order valence-electron chi connectivity index (χ3n) is 8.27. The minimum atomic E-state index is -1.36. The second-order valence-corrected chi connectivity index (χ2v) is 27.3. The topological polar surface area (TPSA) is 40.5 Å². The first-order chi connectivity index (χ1) is 30.5. The highest BCUT2D eigenvalue weighted by Crippen LogP contribution is 2.37. The number of hydrogen-bond donors (Lipinski definition) is 4. The maximum Gasteiger partial charge on any atom is 0.488 e. The molecule has 3 heterocycles. The molecule has 63 heavy (non-hydrogen) atoms. The summed E-state index contributed by atoms with van der Waals surface area (Å²) in [6.07, 6.45) is 6.19. The van der Waals surface area contributed by atoms with Gasteiger partial charge in [-0.25, -0.2) is 0 Å². The summed E-state index contributed by atoms with van der Waals surface area (Å²) in [4.78, 5) is 10.9. The van der Waals surface area contributed by atoms with E-state index >= 15 is 0 Å². The van der Waals surface area contributed by atoms with E-state index in [9.17, 15) is 0 Å². The number of thiol groups is 2. The third kappa shape index (κ3) is 19.6. The zero-order valence-corrected chi connectivity index (χ0v) is 47.6. The molecule has 2 nitrogen and oxygen atoms in total. The predicted molar refractivity (Wildman–Crippen MR) is 313 cm³/mol. The fourth-order valence-corrected chi connectivity index (χ4v) is 13.9. The average molecular weight is 1200 g/mol. The number of hydrogen-bond acceptors (Lipinski definition) is 12. The van der Waals surface area contributed by atoms with Gasteiger partial charge in [-0.1, -0.05) is 60.7 Å². The van der Waals surface area contributed by atoms with E-state index in [1.165, 1.54) is 85.8 Å². The molecule has 8 aromatic rings. The third-order valence-corrected chi connectivity index (χ3v) is 20.1. The highest BCUT2D eigenvalue weighted by Gasteiger charge is 2.09. The molecule has 0 amide bonds. The quantitative estimate of drug-likeness (QED) is 0.0687. The van der Waals surface area contributed by atoms with E-state index in [4.69, 9.17) is 10.0 Å². The smallest absolute Gasteiger partial charge is 0.423 e. The van der Waals surface area contributed by atoms with Gasteiger partial charge in [0.15, 0.2) is 0 Å². The Balaban J connectivity index is 0.000000189. The lowest BCUT2D eigenvalue weighted by molar-refractivity contribution is 0.425. The molecule has 326 valence electrons. The Morgan fingerprint density at radius 2 is 0.714 bits per heavy atom. The van der Waals surface area contributed by atoms with Gasteiger partial charge < -0.3 is 10.0 Å². The number of thioether (sulfide) groups is 3. The molecule has 0 aliphatic carbocycles. The summed E-state index contributed by atoms with van der Waals surface area (Å²) in [6, 6.07) is 54.0. The van der Waals surface area contributed by atoms with Gasteiger partial charge in [-0.15, -0.1) is 94.6 Å². The fraction of sp³-hybridized carbons (Fsp3) is 0.0667. The van der Waals surface area contributed by atoms with Gasteiger partial charge in [0.25, 0.3) is 0 Å². The zero-order valence-electron chi connectivity index (χ0n) is 33.6. The molecule has 2 N–H and O–H groups in total. The maximum absolute atomic E-state index is 8.74. The Morgan fingerprint density at radius 3 is 0.937 bits per heavy atom. The van der Waals surface area contributed by atoms with Crippen molar-refractivity contribution in [2.24, 2.45) is 0 Å². The van der Waals surface area contributed by atoms with Gasteiger partial charge in [-0.2, -0.15) is 0 Å². The second-order valence-electron chi connectivity index (χ2n) is 12.3. The summed E-state index contributed by atoms with van der Waals surface area (Å²) in [5.41, 5.74) is 5.59. The maximum atomic E-state index is 8.74. The van der Waals surface area contributed by atoms with Crippen LogP contribution in [0.2, 0.25) is 0 Å². The Morgan fingerprint density at radius 1 is 0.429 bits per heavy atom. The lowest BCUT2D eigenvalue weighted by Crippen LogP contribution is -2.29. The van der Waals surface area contributed by atoms with E-state index in [-0.39, 0.29) is 0 Å². The van der Waals surface area contributed by atoms with E-state index in [1.54, 1.807) is 70.1 Å². The number of thiophene rings is 3. The summed E-state index contributed by atoms with van der Waals surface area (Å²) < 4.78 is 2.33. The number of rotatable bonds is 8. The van der Waals surface area contributed by atoms with Crippen molar-refractivity contribution in [2.75, 3.05) is 18.8 Å².